The lowest BCUT2D eigenvalue weighted by molar-refractivity contribution is 0.120. The van der Waals surface area contributed by atoms with Crippen LogP contribution in [0.3, 0.4) is 0 Å². The van der Waals surface area contributed by atoms with E-state index in [9.17, 15) is 4.79 Å². The van der Waals surface area contributed by atoms with E-state index in [2.05, 4.69) is 46.9 Å². The van der Waals surface area contributed by atoms with Crippen molar-refractivity contribution in [3.05, 3.63) is 36.0 Å². The van der Waals surface area contributed by atoms with Gasteiger partial charge in [0.15, 0.2) is 0 Å². The highest BCUT2D eigenvalue weighted by Crippen LogP contribution is 2.19. The number of rotatable bonds is 3. The molecule has 0 N–H and O–H groups in total. The third-order valence-corrected chi connectivity index (χ3v) is 4.61. The molecule has 5 nitrogen and oxygen atoms in total. The lowest BCUT2D eigenvalue weighted by Crippen LogP contribution is -2.51. The van der Waals surface area contributed by atoms with Gasteiger partial charge in [-0.2, -0.15) is 0 Å². The second-order valence-corrected chi connectivity index (χ2v) is 6.44. The Morgan fingerprint density at radius 1 is 1.13 bits per heavy atom. The molecule has 2 aromatic rings. The summed E-state index contributed by atoms with van der Waals surface area (Å²) in [5.74, 6) is 0. The third kappa shape index (κ3) is 3.34. The standard InChI is InChI=1S/C18H26N4O/c1-4-21-8-7-16-6-5-15(13-17(16)21)14-20-9-11-22(12-10-20)18(23)19(2)3/h5-8,13H,4,9-12,14H2,1-3H3. The number of carbonyl (C=O) groups excluding carboxylic acids is 1. The van der Waals surface area contributed by atoms with Crippen molar-refractivity contribution < 1.29 is 4.79 Å². The molecule has 1 aliphatic heterocycles. The Kier molecular flexibility index (Phi) is 4.57. The number of hydrogen-bond donors (Lipinski definition) is 0. The van der Waals surface area contributed by atoms with Gasteiger partial charge >= 0.3 is 6.03 Å². The Morgan fingerprint density at radius 3 is 2.52 bits per heavy atom. The summed E-state index contributed by atoms with van der Waals surface area (Å²) in [7, 11) is 3.62. The van der Waals surface area contributed by atoms with E-state index >= 15 is 0 Å². The summed E-state index contributed by atoms with van der Waals surface area (Å²) < 4.78 is 2.28. The molecule has 1 aliphatic rings. The summed E-state index contributed by atoms with van der Waals surface area (Å²) in [5, 5.41) is 1.30. The molecule has 0 aliphatic carbocycles. The Bertz CT molecular complexity index is 683. The predicted octanol–water partition coefficient (Wildman–Crippen LogP) is 2.46. The largest absolute Gasteiger partial charge is 0.348 e. The number of piperazine rings is 1. The second kappa shape index (κ2) is 6.62. The zero-order valence-corrected chi connectivity index (χ0v) is 14.3. The molecule has 0 unspecified atom stereocenters. The van der Waals surface area contributed by atoms with Gasteiger partial charge in [-0.25, -0.2) is 4.79 Å². The van der Waals surface area contributed by atoms with Crippen LogP contribution < -0.4 is 0 Å². The van der Waals surface area contributed by atoms with Crippen molar-refractivity contribution in [3.8, 4) is 0 Å². The molecule has 23 heavy (non-hydrogen) atoms. The van der Waals surface area contributed by atoms with Crippen molar-refractivity contribution in [1.82, 2.24) is 19.3 Å². The molecule has 1 aromatic heterocycles. The molecule has 0 bridgehead atoms. The first-order chi connectivity index (χ1) is 11.1. The quantitative estimate of drug-likeness (QED) is 0.871. The highest BCUT2D eigenvalue weighted by atomic mass is 16.2. The number of benzene rings is 1. The number of urea groups is 1. The second-order valence-electron chi connectivity index (χ2n) is 6.44. The summed E-state index contributed by atoms with van der Waals surface area (Å²) >= 11 is 0. The van der Waals surface area contributed by atoms with Crippen LogP contribution in [-0.2, 0) is 13.1 Å². The van der Waals surface area contributed by atoms with Crippen LogP contribution in [0, 0.1) is 0 Å². The van der Waals surface area contributed by atoms with Gasteiger partial charge in [-0.05, 0) is 30.0 Å². The van der Waals surface area contributed by atoms with E-state index < -0.39 is 0 Å². The molecule has 124 valence electrons. The zero-order chi connectivity index (χ0) is 16.4. The Balaban J connectivity index is 1.63. The van der Waals surface area contributed by atoms with Crippen molar-refractivity contribution in [3.63, 3.8) is 0 Å². The first kappa shape index (κ1) is 15.9. The molecule has 0 atom stereocenters. The lowest BCUT2D eigenvalue weighted by Gasteiger charge is -2.36. The van der Waals surface area contributed by atoms with Gasteiger partial charge < -0.3 is 14.4 Å². The van der Waals surface area contributed by atoms with E-state index in [4.69, 9.17) is 0 Å². The Labute approximate surface area is 138 Å². The van der Waals surface area contributed by atoms with E-state index in [0.717, 1.165) is 39.3 Å². The first-order valence-corrected chi connectivity index (χ1v) is 8.35. The number of nitrogens with zero attached hydrogens (tertiary/aromatic N) is 4. The minimum Gasteiger partial charge on any atom is -0.348 e. The van der Waals surface area contributed by atoms with E-state index in [1.54, 1.807) is 4.90 Å². The molecule has 3 rings (SSSR count). The molecule has 0 spiro atoms. The summed E-state index contributed by atoms with van der Waals surface area (Å²) in [6.07, 6.45) is 2.15. The molecule has 0 saturated carbocycles. The summed E-state index contributed by atoms with van der Waals surface area (Å²) in [6, 6.07) is 9.03. The molecule has 0 radical (unpaired) electrons. The number of hydrogen-bond acceptors (Lipinski definition) is 2. The minimum absolute atomic E-state index is 0.117. The molecular formula is C18H26N4O. The summed E-state index contributed by atoms with van der Waals surface area (Å²) in [5.41, 5.74) is 2.66. The van der Waals surface area contributed by atoms with Crippen LogP contribution in [0.4, 0.5) is 4.79 Å². The van der Waals surface area contributed by atoms with Crippen molar-refractivity contribution in [2.75, 3.05) is 40.3 Å². The third-order valence-electron chi connectivity index (χ3n) is 4.61. The van der Waals surface area contributed by atoms with Crippen LogP contribution in [0.2, 0.25) is 0 Å². The Morgan fingerprint density at radius 2 is 1.87 bits per heavy atom. The van der Waals surface area contributed by atoms with Gasteiger partial charge in [0.2, 0.25) is 0 Å². The smallest absolute Gasteiger partial charge is 0.319 e. The lowest BCUT2D eigenvalue weighted by atomic mass is 10.1. The molecule has 1 saturated heterocycles. The van der Waals surface area contributed by atoms with Crippen molar-refractivity contribution in [2.24, 2.45) is 0 Å². The molecule has 2 amide bonds. The van der Waals surface area contributed by atoms with Crippen LogP contribution in [0.15, 0.2) is 30.5 Å². The Hall–Kier alpha value is -2.01. The molecule has 2 heterocycles. The minimum atomic E-state index is 0.117. The normalized spacial score (nSPS) is 16.0. The monoisotopic (exact) mass is 314 g/mol. The van der Waals surface area contributed by atoms with E-state index in [0.29, 0.717) is 0 Å². The van der Waals surface area contributed by atoms with Gasteiger partial charge in [-0.3, -0.25) is 4.90 Å². The number of carbonyl (C=O) groups is 1. The van der Waals surface area contributed by atoms with Crippen LogP contribution in [0.5, 0.6) is 0 Å². The fraction of sp³-hybridized carbons (Fsp3) is 0.500. The zero-order valence-electron chi connectivity index (χ0n) is 14.3. The van der Waals surface area contributed by atoms with E-state index in [-0.39, 0.29) is 6.03 Å². The number of amides is 2. The fourth-order valence-corrected chi connectivity index (χ4v) is 3.24. The van der Waals surface area contributed by atoms with Crippen molar-refractivity contribution >= 4 is 16.9 Å². The maximum absolute atomic E-state index is 12.0. The number of aromatic nitrogens is 1. The van der Waals surface area contributed by atoms with Gasteiger partial charge in [-0.15, -0.1) is 0 Å². The average molecular weight is 314 g/mol. The van der Waals surface area contributed by atoms with Crippen LogP contribution in [-0.4, -0.2) is 65.6 Å². The highest BCUT2D eigenvalue weighted by molar-refractivity contribution is 5.80. The highest BCUT2D eigenvalue weighted by Gasteiger charge is 2.22. The SMILES string of the molecule is CCn1ccc2ccc(CN3CCN(C(=O)N(C)C)CC3)cc21. The van der Waals surface area contributed by atoms with Crippen LogP contribution >= 0.6 is 0 Å². The fourth-order valence-electron chi connectivity index (χ4n) is 3.24. The maximum atomic E-state index is 12.0. The van der Waals surface area contributed by atoms with E-state index in [1.807, 2.05) is 19.0 Å². The van der Waals surface area contributed by atoms with Crippen LogP contribution in [0.1, 0.15) is 12.5 Å². The van der Waals surface area contributed by atoms with Gasteiger partial charge in [-0.1, -0.05) is 12.1 Å². The van der Waals surface area contributed by atoms with E-state index in [1.165, 1.54) is 16.5 Å². The molecule has 1 aromatic carbocycles. The predicted molar refractivity (Wildman–Crippen MR) is 93.5 cm³/mol. The number of aryl methyl sites for hydroxylation is 1. The molecule has 1 fully saturated rings. The van der Waals surface area contributed by atoms with Crippen molar-refractivity contribution in [1.29, 1.82) is 0 Å². The van der Waals surface area contributed by atoms with Crippen molar-refractivity contribution in [2.45, 2.75) is 20.0 Å². The molecular weight excluding hydrogens is 288 g/mol. The summed E-state index contributed by atoms with van der Waals surface area (Å²) in [6.45, 7) is 7.62. The average Bonchev–Trinajstić information content (AvgIpc) is 2.97. The number of fused-ring (bicyclic) bond motifs is 1. The van der Waals surface area contributed by atoms with Gasteiger partial charge in [0.1, 0.15) is 0 Å². The van der Waals surface area contributed by atoms with Gasteiger partial charge in [0, 0.05) is 65.1 Å². The topological polar surface area (TPSA) is 31.7 Å². The molecule has 5 heteroatoms. The van der Waals surface area contributed by atoms with Crippen LogP contribution in [0.25, 0.3) is 10.9 Å². The maximum Gasteiger partial charge on any atom is 0.319 e. The first-order valence-electron chi connectivity index (χ1n) is 8.35. The van der Waals surface area contributed by atoms with Gasteiger partial charge in [0.25, 0.3) is 0 Å². The van der Waals surface area contributed by atoms with Gasteiger partial charge in [0.05, 0.1) is 0 Å². The summed E-state index contributed by atoms with van der Waals surface area (Å²) in [4.78, 5) is 18.0.